The molecule has 90 valence electrons. The molecule has 0 spiro atoms. The molecule has 6 heteroatoms. The third-order valence-corrected chi connectivity index (χ3v) is 2.25. The molecule has 1 aromatic heterocycles. The van der Waals surface area contributed by atoms with Gasteiger partial charge >= 0.3 is 0 Å². The monoisotopic (exact) mass is 245 g/mol. The summed E-state index contributed by atoms with van der Waals surface area (Å²) in [6.45, 7) is 4.23. The Bertz CT molecular complexity index is 367. The first kappa shape index (κ1) is 13.0. The van der Waals surface area contributed by atoms with E-state index in [1.165, 1.54) is 6.33 Å². The summed E-state index contributed by atoms with van der Waals surface area (Å²) >= 11 is 5.76. The van der Waals surface area contributed by atoms with Crippen LogP contribution in [0.5, 0.6) is 0 Å². The fraction of sp³-hybridized carbons (Fsp3) is 0.600. The van der Waals surface area contributed by atoms with E-state index in [-0.39, 0.29) is 10.6 Å². The molecule has 1 aromatic rings. The highest BCUT2D eigenvalue weighted by Gasteiger charge is 2.03. The molecule has 0 atom stereocenters. The molecule has 0 aliphatic carbocycles. The van der Waals surface area contributed by atoms with Gasteiger partial charge in [0, 0.05) is 19.8 Å². The first-order valence-corrected chi connectivity index (χ1v) is 5.68. The summed E-state index contributed by atoms with van der Waals surface area (Å²) < 4.78 is 5.31. The van der Waals surface area contributed by atoms with Gasteiger partial charge < -0.3 is 15.0 Å². The van der Waals surface area contributed by atoms with Crippen molar-refractivity contribution in [2.24, 2.45) is 0 Å². The van der Waals surface area contributed by atoms with E-state index in [1.807, 2.05) is 0 Å². The van der Waals surface area contributed by atoms with Gasteiger partial charge in [0.1, 0.15) is 5.02 Å². The molecule has 16 heavy (non-hydrogen) atoms. The lowest BCUT2D eigenvalue weighted by molar-refractivity contribution is 0.134. The predicted octanol–water partition coefficient (Wildman–Crippen LogP) is 1.65. The standard InChI is InChI=1S/C10H16ClN3O2/c1-2-5-16-6-3-4-12-9-8(11)10(15)14-7-13-9/h7H,2-6H2,1H3,(H2,12,13,14,15). The van der Waals surface area contributed by atoms with Crippen molar-refractivity contribution in [1.29, 1.82) is 0 Å². The number of hydrogen-bond donors (Lipinski definition) is 2. The van der Waals surface area contributed by atoms with Crippen molar-refractivity contribution in [1.82, 2.24) is 9.97 Å². The van der Waals surface area contributed by atoms with E-state index in [9.17, 15) is 4.79 Å². The van der Waals surface area contributed by atoms with Gasteiger partial charge in [-0.1, -0.05) is 18.5 Å². The van der Waals surface area contributed by atoms with E-state index in [0.29, 0.717) is 19.0 Å². The predicted molar refractivity (Wildman–Crippen MR) is 64.1 cm³/mol. The number of anilines is 1. The Balaban J connectivity index is 2.27. The third kappa shape index (κ3) is 4.20. The normalized spacial score (nSPS) is 10.4. The van der Waals surface area contributed by atoms with Crippen LogP contribution in [0.15, 0.2) is 11.1 Å². The van der Waals surface area contributed by atoms with Gasteiger partial charge in [0.2, 0.25) is 0 Å². The van der Waals surface area contributed by atoms with E-state index in [2.05, 4.69) is 22.2 Å². The van der Waals surface area contributed by atoms with Crippen LogP contribution in [0, 0.1) is 0 Å². The van der Waals surface area contributed by atoms with Crippen LogP contribution in [-0.4, -0.2) is 29.7 Å². The zero-order valence-electron chi connectivity index (χ0n) is 9.25. The number of nitrogens with zero attached hydrogens (tertiary/aromatic N) is 1. The maximum atomic E-state index is 11.1. The van der Waals surface area contributed by atoms with Gasteiger partial charge in [-0.2, -0.15) is 0 Å². The van der Waals surface area contributed by atoms with Gasteiger partial charge in [0.25, 0.3) is 5.56 Å². The van der Waals surface area contributed by atoms with Crippen molar-refractivity contribution in [2.45, 2.75) is 19.8 Å². The van der Waals surface area contributed by atoms with Gasteiger partial charge in [-0.3, -0.25) is 4.79 Å². The van der Waals surface area contributed by atoms with Crippen LogP contribution < -0.4 is 10.9 Å². The minimum absolute atomic E-state index is 0.0944. The molecule has 0 amide bonds. The van der Waals surface area contributed by atoms with Gasteiger partial charge in [-0.25, -0.2) is 4.98 Å². The van der Waals surface area contributed by atoms with Crippen molar-refractivity contribution in [3.63, 3.8) is 0 Å². The summed E-state index contributed by atoms with van der Waals surface area (Å²) in [5.74, 6) is 0.418. The van der Waals surface area contributed by atoms with Crippen LogP contribution in [0.25, 0.3) is 0 Å². The van der Waals surface area contributed by atoms with Gasteiger partial charge in [0.15, 0.2) is 5.82 Å². The van der Waals surface area contributed by atoms with Crippen LogP contribution in [0.4, 0.5) is 5.82 Å². The highest BCUT2D eigenvalue weighted by Crippen LogP contribution is 2.11. The molecular weight excluding hydrogens is 230 g/mol. The number of halogens is 1. The van der Waals surface area contributed by atoms with E-state index in [4.69, 9.17) is 16.3 Å². The second-order valence-corrected chi connectivity index (χ2v) is 3.66. The third-order valence-electron chi connectivity index (χ3n) is 1.90. The lowest BCUT2D eigenvalue weighted by Gasteiger charge is -2.06. The van der Waals surface area contributed by atoms with Crippen LogP contribution in [0.2, 0.25) is 5.02 Å². The molecule has 1 rings (SSSR count). The Morgan fingerprint density at radius 2 is 2.38 bits per heavy atom. The molecule has 0 aliphatic rings. The van der Waals surface area contributed by atoms with E-state index in [1.54, 1.807) is 0 Å². The maximum Gasteiger partial charge on any atom is 0.271 e. The van der Waals surface area contributed by atoms with Gasteiger partial charge in [-0.05, 0) is 12.8 Å². The summed E-state index contributed by atoms with van der Waals surface area (Å²) in [5.41, 5.74) is -0.332. The van der Waals surface area contributed by atoms with Crippen molar-refractivity contribution < 1.29 is 4.74 Å². The second-order valence-electron chi connectivity index (χ2n) is 3.29. The lowest BCUT2D eigenvalue weighted by atomic mass is 10.4. The molecule has 0 radical (unpaired) electrons. The Hall–Kier alpha value is -1.07. The average molecular weight is 246 g/mol. The molecule has 0 aliphatic heterocycles. The number of nitrogens with one attached hydrogen (secondary N) is 2. The van der Waals surface area contributed by atoms with Gasteiger partial charge in [-0.15, -0.1) is 0 Å². The summed E-state index contributed by atoms with van der Waals surface area (Å²) in [5, 5.41) is 3.08. The smallest absolute Gasteiger partial charge is 0.271 e. The van der Waals surface area contributed by atoms with Crippen LogP contribution >= 0.6 is 11.6 Å². The SMILES string of the molecule is CCCOCCCNc1nc[nH]c(=O)c1Cl. The van der Waals surface area contributed by atoms with Crippen LogP contribution in [-0.2, 0) is 4.74 Å². The van der Waals surface area contributed by atoms with Gasteiger partial charge in [0.05, 0.1) is 6.33 Å². The number of aromatic amines is 1. The Morgan fingerprint density at radius 1 is 1.56 bits per heavy atom. The first-order valence-electron chi connectivity index (χ1n) is 5.30. The number of aromatic nitrogens is 2. The number of ether oxygens (including phenoxy) is 1. The van der Waals surface area contributed by atoms with Crippen molar-refractivity contribution in [3.05, 3.63) is 21.7 Å². The molecule has 1 heterocycles. The quantitative estimate of drug-likeness (QED) is 0.717. The summed E-state index contributed by atoms with van der Waals surface area (Å²) in [4.78, 5) is 17.5. The fourth-order valence-corrected chi connectivity index (χ4v) is 1.30. The Morgan fingerprint density at radius 3 is 3.12 bits per heavy atom. The number of rotatable bonds is 7. The molecular formula is C10H16ClN3O2. The topological polar surface area (TPSA) is 67.0 Å². The molecule has 0 saturated carbocycles. The zero-order chi connectivity index (χ0) is 11.8. The summed E-state index contributed by atoms with van der Waals surface area (Å²) in [6.07, 6.45) is 3.20. The Kier molecular flexibility index (Phi) is 5.88. The van der Waals surface area contributed by atoms with Crippen LogP contribution in [0.3, 0.4) is 0 Å². The fourth-order valence-electron chi connectivity index (χ4n) is 1.13. The zero-order valence-corrected chi connectivity index (χ0v) is 10.0. The van der Waals surface area contributed by atoms with Crippen molar-refractivity contribution in [3.8, 4) is 0 Å². The minimum atomic E-state index is -0.332. The molecule has 0 unspecified atom stereocenters. The van der Waals surface area contributed by atoms with Crippen molar-refractivity contribution in [2.75, 3.05) is 25.1 Å². The largest absolute Gasteiger partial charge is 0.381 e. The molecule has 0 bridgehead atoms. The number of H-pyrrole nitrogens is 1. The molecule has 5 nitrogen and oxygen atoms in total. The molecule has 0 aromatic carbocycles. The second kappa shape index (κ2) is 7.24. The molecule has 0 fully saturated rings. The van der Waals surface area contributed by atoms with E-state index >= 15 is 0 Å². The molecule has 2 N–H and O–H groups in total. The highest BCUT2D eigenvalue weighted by atomic mass is 35.5. The summed E-state index contributed by atoms with van der Waals surface area (Å²) in [7, 11) is 0. The first-order chi connectivity index (χ1) is 7.75. The Labute approximate surface area is 99.2 Å². The molecule has 0 saturated heterocycles. The number of hydrogen-bond acceptors (Lipinski definition) is 4. The average Bonchev–Trinajstić information content (AvgIpc) is 2.29. The maximum absolute atomic E-state index is 11.1. The summed E-state index contributed by atoms with van der Waals surface area (Å²) in [6, 6.07) is 0. The highest BCUT2D eigenvalue weighted by molar-refractivity contribution is 6.32. The van der Waals surface area contributed by atoms with Crippen LogP contribution in [0.1, 0.15) is 19.8 Å². The van der Waals surface area contributed by atoms with Crippen molar-refractivity contribution >= 4 is 17.4 Å². The minimum Gasteiger partial charge on any atom is -0.381 e. The van der Waals surface area contributed by atoms with E-state index in [0.717, 1.165) is 19.4 Å². The van der Waals surface area contributed by atoms with E-state index < -0.39 is 0 Å². The lowest BCUT2D eigenvalue weighted by Crippen LogP contribution is -2.13.